The van der Waals surface area contributed by atoms with Crippen LogP contribution in [0.25, 0.3) is 0 Å². The van der Waals surface area contributed by atoms with E-state index in [9.17, 15) is 0 Å². The third-order valence-corrected chi connectivity index (χ3v) is 7.74. The molecule has 1 fully saturated rings. The molecule has 5 radical (unpaired) electrons. The molecule has 0 N–H and O–H groups in total. The van der Waals surface area contributed by atoms with Gasteiger partial charge in [-0.3, -0.25) is 6.29 Å². The molecule has 4 rings (SSSR count). The van der Waals surface area contributed by atoms with Gasteiger partial charge in [0.05, 0.1) is 0 Å². The summed E-state index contributed by atoms with van der Waals surface area (Å²) in [6.45, 7) is 1.76. The van der Waals surface area contributed by atoms with Gasteiger partial charge in [0, 0.05) is 11.8 Å². The molecular formula is C28H29IOPRh+. The Balaban J connectivity index is 0.000000547. The van der Waals surface area contributed by atoms with Crippen molar-refractivity contribution >= 4 is 44.6 Å². The summed E-state index contributed by atoms with van der Waals surface area (Å²) < 4.78 is 0. The van der Waals surface area contributed by atoms with Crippen LogP contribution in [0.15, 0.2) is 85.0 Å². The normalized spacial score (nSPS) is 15.5. The van der Waals surface area contributed by atoms with Gasteiger partial charge < -0.3 is 4.79 Å². The minimum absolute atomic E-state index is 0.255. The van der Waals surface area contributed by atoms with Crippen LogP contribution in [0.1, 0.15) is 32.6 Å². The van der Waals surface area contributed by atoms with E-state index < -0.39 is 0 Å². The number of allylic oxidation sites excluding steroid dienone is 4. The van der Waals surface area contributed by atoms with Gasteiger partial charge in [-0.05, 0) is 56.3 Å². The second-order valence-corrected chi connectivity index (χ2v) is 9.56. The van der Waals surface area contributed by atoms with E-state index in [-0.39, 0.29) is 7.92 Å². The molecule has 0 bridgehead atoms. The van der Waals surface area contributed by atoms with Crippen molar-refractivity contribution < 1.29 is 19.6 Å². The number of carbonyl (C=O) groups excluding carboxylic acids is 1. The third kappa shape index (κ3) is 8.96. The van der Waals surface area contributed by atoms with E-state index in [1.54, 1.807) is 13.2 Å². The summed E-state index contributed by atoms with van der Waals surface area (Å²) in [5.41, 5.74) is 0. The molecule has 167 valence electrons. The van der Waals surface area contributed by atoms with E-state index in [1.807, 2.05) is 19.8 Å². The molecule has 4 heteroatoms. The SMILES string of the molecule is CC[C-]=O.[CH]1[CH][C](CCCCP(c2ccccc2)c2ccccc2)[C]2C=CC=C[C]12.[Rh+2][I]. The van der Waals surface area contributed by atoms with Gasteiger partial charge in [-0.25, -0.2) is 0 Å². The quantitative estimate of drug-likeness (QED) is 0.100. The third-order valence-electron chi connectivity index (χ3n) is 5.13. The van der Waals surface area contributed by atoms with Crippen LogP contribution in [0, 0.1) is 30.6 Å². The molecule has 0 aromatic heterocycles. The number of benzene rings is 2. The Kier molecular flexibility index (Phi) is 14.6. The molecule has 0 unspecified atom stereocenters. The Labute approximate surface area is 217 Å². The van der Waals surface area contributed by atoms with Crippen LogP contribution >= 0.6 is 27.7 Å². The summed E-state index contributed by atoms with van der Waals surface area (Å²) in [5, 5.41) is 2.99. The summed E-state index contributed by atoms with van der Waals surface area (Å²) >= 11 is 4.56. The summed E-state index contributed by atoms with van der Waals surface area (Å²) in [6.07, 6.45) is 20.5. The first-order valence-corrected chi connectivity index (χ1v) is 17.2. The van der Waals surface area contributed by atoms with Gasteiger partial charge in [-0.15, -0.1) is 0 Å². The molecule has 0 spiro atoms. The van der Waals surface area contributed by atoms with Crippen molar-refractivity contribution in [3.8, 4) is 0 Å². The maximum absolute atomic E-state index is 9.05. The summed E-state index contributed by atoms with van der Waals surface area (Å²) in [6, 6.07) is 22.1. The van der Waals surface area contributed by atoms with Gasteiger partial charge in [0.2, 0.25) is 0 Å². The molecule has 2 aromatic carbocycles. The molecule has 1 nitrogen and oxygen atoms in total. The van der Waals surface area contributed by atoms with E-state index in [4.69, 9.17) is 4.79 Å². The summed E-state index contributed by atoms with van der Waals surface area (Å²) in [7, 11) is -0.255. The van der Waals surface area contributed by atoms with Gasteiger partial charge in [-0.1, -0.05) is 98.3 Å². The Bertz CT molecular complexity index is 769. The summed E-state index contributed by atoms with van der Waals surface area (Å²) in [4.78, 5) is 9.05. The Morgan fingerprint density at radius 2 is 1.41 bits per heavy atom. The molecule has 0 aliphatic heterocycles. The van der Waals surface area contributed by atoms with Gasteiger partial charge in [0.15, 0.2) is 0 Å². The van der Waals surface area contributed by atoms with Crippen molar-refractivity contribution in [1.82, 2.24) is 0 Å². The van der Waals surface area contributed by atoms with Gasteiger partial charge in [0.25, 0.3) is 0 Å². The second-order valence-electron chi connectivity index (χ2n) is 7.22. The fraction of sp³-hybridized carbons (Fsp3) is 0.214. The fourth-order valence-electron chi connectivity index (χ4n) is 3.64. The van der Waals surface area contributed by atoms with Crippen LogP contribution in [-0.2, 0) is 19.6 Å². The first-order chi connectivity index (χ1) is 15.8. The summed E-state index contributed by atoms with van der Waals surface area (Å²) in [5.74, 6) is 4.31. The van der Waals surface area contributed by atoms with E-state index in [0.29, 0.717) is 6.42 Å². The zero-order valence-corrected chi connectivity index (χ0v) is 23.0. The molecular weight excluding hydrogens is 613 g/mol. The average Bonchev–Trinajstić information content (AvgIpc) is 3.29. The monoisotopic (exact) mass is 642 g/mol. The first kappa shape index (κ1) is 27.6. The molecule has 0 heterocycles. The van der Waals surface area contributed by atoms with Crippen LogP contribution in [-0.4, -0.2) is 12.4 Å². The molecule has 1 saturated carbocycles. The standard InChI is InChI=1S/C25H24P.C3H5O.HI.Rh/c1-3-13-23(14-4-1)26(24-15-5-2-6-16-24)20-10-9-12-22-19-18-21-11-7-8-17-25(21)22;1-2-3-4;;/h1-8,11,13-19H,9-10,12,20H2;2H2,1H3;1H;/q;-1;;+3/p-1. The first-order valence-electron chi connectivity index (χ1n) is 10.8. The predicted octanol–water partition coefficient (Wildman–Crippen LogP) is 6.95. The van der Waals surface area contributed by atoms with Crippen LogP contribution in [0.3, 0.4) is 0 Å². The molecule has 0 atom stereocenters. The molecule has 32 heavy (non-hydrogen) atoms. The maximum atomic E-state index is 9.05. The van der Waals surface area contributed by atoms with Crippen molar-refractivity contribution in [2.75, 3.05) is 6.16 Å². The fourth-order valence-corrected chi connectivity index (χ4v) is 6.06. The van der Waals surface area contributed by atoms with E-state index in [0.717, 1.165) is 0 Å². The van der Waals surface area contributed by atoms with Crippen molar-refractivity contribution in [1.29, 1.82) is 0 Å². The van der Waals surface area contributed by atoms with Crippen molar-refractivity contribution in [3.63, 3.8) is 0 Å². The van der Waals surface area contributed by atoms with E-state index in [1.165, 1.54) is 53.8 Å². The average molecular weight is 642 g/mol. The number of hydrogen-bond donors (Lipinski definition) is 0. The van der Waals surface area contributed by atoms with Crippen molar-refractivity contribution in [3.05, 3.63) is 116 Å². The topological polar surface area (TPSA) is 17.1 Å². The van der Waals surface area contributed by atoms with Gasteiger partial charge in [-0.2, -0.15) is 6.42 Å². The van der Waals surface area contributed by atoms with Crippen LogP contribution in [0.4, 0.5) is 0 Å². The number of unbranched alkanes of at least 4 members (excludes halogenated alkanes) is 1. The number of halogens is 1. The number of rotatable bonds is 8. The van der Waals surface area contributed by atoms with Crippen molar-refractivity contribution in [2.45, 2.75) is 32.6 Å². The number of fused-ring (bicyclic) bond motifs is 1. The van der Waals surface area contributed by atoms with Gasteiger partial charge in [0.1, 0.15) is 0 Å². The van der Waals surface area contributed by atoms with E-state index >= 15 is 0 Å². The van der Waals surface area contributed by atoms with Crippen LogP contribution < -0.4 is 10.6 Å². The Hall–Kier alpha value is -0.627. The second kappa shape index (κ2) is 16.9. The van der Waals surface area contributed by atoms with E-state index in [2.05, 4.69) is 113 Å². The molecule has 2 aliphatic rings. The Morgan fingerprint density at radius 1 is 0.844 bits per heavy atom. The molecule has 2 aromatic rings. The molecule has 0 amide bonds. The zero-order chi connectivity index (χ0) is 23.0. The zero-order valence-electron chi connectivity index (χ0n) is 18.3. The van der Waals surface area contributed by atoms with Gasteiger partial charge >= 0.3 is 34.5 Å². The van der Waals surface area contributed by atoms with Crippen LogP contribution in [0.2, 0.25) is 0 Å². The Morgan fingerprint density at radius 3 is 1.97 bits per heavy atom. The van der Waals surface area contributed by atoms with Crippen molar-refractivity contribution in [2.24, 2.45) is 0 Å². The van der Waals surface area contributed by atoms with Crippen LogP contribution in [0.5, 0.6) is 0 Å². The minimum atomic E-state index is -0.255. The molecule has 2 aliphatic carbocycles. The molecule has 0 saturated heterocycles. The predicted molar refractivity (Wildman–Crippen MR) is 144 cm³/mol. The number of hydrogen-bond acceptors (Lipinski definition) is 1.